The highest BCUT2D eigenvalue weighted by molar-refractivity contribution is 7.89. The highest BCUT2D eigenvalue weighted by Crippen LogP contribution is 2.29. The lowest BCUT2D eigenvalue weighted by atomic mass is 10.2. The molecule has 28 heavy (non-hydrogen) atoms. The highest BCUT2D eigenvalue weighted by atomic mass is 32.2. The maximum atomic E-state index is 13.0. The summed E-state index contributed by atoms with van der Waals surface area (Å²) in [6.45, 7) is 1.42. The number of anilines is 1. The number of non-ortho nitro benzene ring substituents is 1. The molecule has 0 amide bonds. The molecule has 0 radical (unpaired) electrons. The zero-order valence-electron chi connectivity index (χ0n) is 15.2. The number of benzene rings is 2. The quantitative estimate of drug-likeness (QED) is 0.563. The standard InChI is InChI=1S/C19H21N3O5S/c23-22(24)17-8-9-18(20-10-4-7-16-5-2-1-3-6-16)19(15-17)28(25,26)21-11-13-27-14-12-21/h1-9,15,20H,10-14H2/b7-4+. The molecular weight excluding hydrogens is 382 g/mol. The van der Waals surface area contributed by atoms with Gasteiger partial charge in [0, 0.05) is 31.8 Å². The van der Waals surface area contributed by atoms with Gasteiger partial charge < -0.3 is 10.1 Å². The molecule has 2 aromatic carbocycles. The largest absolute Gasteiger partial charge is 0.380 e. The summed E-state index contributed by atoms with van der Waals surface area (Å²) >= 11 is 0. The Morgan fingerprint density at radius 1 is 1.14 bits per heavy atom. The van der Waals surface area contributed by atoms with Gasteiger partial charge in [-0.2, -0.15) is 4.31 Å². The maximum absolute atomic E-state index is 13.0. The normalized spacial score (nSPS) is 15.6. The topological polar surface area (TPSA) is 102 Å². The van der Waals surface area contributed by atoms with Gasteiger partial charge in [-0.25, -0.2) is 8.42 Å². The van der Waals surface area contributed by atoms with E-state index in [-0.39, 0.29) is 23.7 Å². The molecule has 148 valence electrons. The van der Waals surface area contributed by atoms with Crippen LogP contribution in [0.25, 0.3) is 6.08 Å². The summed E-state index contributed by atoms with van der Waals surface area (Å²) < 4.78 is 32.6. The van der Waals surface area contributed by atoms with Crippen molar-refractivity contribution in [1.82, 2.24) is 4.31 Å². The van der Waals surface area contributed by atoms with Crippen LogP contribution < -0.4 is 5.32 Å². The molecule has 1 N–H and O–H groups in total. The van der Waals surface area contributed by atoms with Gasteiger partial charge >= 0.3 is 0 Å². The molecule has 8 nitrogen and oxygen atoms in total. The molecule has 0 aromatic heterocycles. The molecule has 0 atom stereocenters. The van der Waals surface area contributed by atoms with Crippen molar-refractivity contribution >= 4 is 27.5 Å². The number of nitro benzene ring substituents is 1. The molecule has 1 aliphatic heterocycles. The third-order valence-electron chi connectivity index (χ3n) is 4.28. The van der Waals surface area contributed by atoms with E-state index in [1.807, 2.05) is 42.5 Å². The second kappa shape index (κ2) is 8.96. The monoisotopic (exact) mass is 403 g/mol. The van der Waals surface area contributed by atoms with Crippen LogP contribution in [0.2, 0.25) is 0 Å². The molecule has 9 heteroatoms. The summed E-state index contributed by atoms with van der Waals surface area (Å²) in [4.78, 5) is 10.4. The maximum Gasteiger partial charge on any atom is 0.270 e. The summed E-state index contributed by atoms with van der Waals surface area (Å²) in [5, 5.41) is 14.2. The lowest BCUT2D eigenvalue weighted by molar-refractivity contribution is -0.385. The summed E-state index contributed by atoms with van der Waals surface area (Å²) in [6.07, 6.45) is 3.77. The van der Waals surface area contributed by atoms with Crippen LogP contribution in [-0.2, 0) is 14.8 Å². The zero-order chi connectivity index (χ0) is 20.0. The predicted octanol–water partition coefficient (Wildman–Crippen LogP) is 2.74. The molecule has 0 unspecified atom stereocenters. The van der Waals surface area contributed by atoms with Gasteiger partial charge in [0.15, 0.2) is 0 Å². The Labute approximate surface area is 163 Å². The average Bonchev–Trinajstić information content (AvgIpc) is 2.72. The minimum absolute atomic E-state index is 0.100. The van der Waals surface area contributed by atoms with Crippen LogP contribution in [0.15, 0.2) is 59.5 Å². The van der Waals surface area contributed by atoms with Crippen molar-refractivity contribution in [3.8, 4) is 0 Å². The van der Waals surface area contributed by atoms with E-state index in [2.05, 4.69) is 5.32 Å². The number of nitro groups is 1. The van der Waals surface area contributed by atoms with Crippen molar-refractivity contribution in [2.45, 2.75) is 4.90 Å². The van der Waals surface area contributed by atoms with Gasteiger partial charge in [-0.1, -0.05) is 42.5 Å². The minimum Gasteiger partial charge on any atom is -0.380 e. The van der Waals surface area contributed by atoms with Crippen molar-refractivity contribution in [3.63, 3.8) is 0 Å². The SMILES string of the molecule is O=[N+]([O-])c1ccc(NC/C=C/c2ccccc2)c(S(=O)(=O)N2CCOCC2)c1. The second-order valence-electron chi connectivity index (χ2n) is 6.15. The van der Waals surface area contributed by atoms with Gasteiger partial charge in [0.05, 0.1) is 23.8 Å². The van der Waals surface area contributed by atoms with Gasteiger partial charge in [-0.05, 0) is 11.6 Å². The van der Waals surface area contributed by atoms with Gasteiger partial charge in [-0.15, -0.1) is 0 Å². The number of hydrogen-bond donors (Lipinski definition) is 1. The van der Waals surface area contributed by atoms with Crippen LogP contribution in [0, 0.1) is 10.1 Å². The third kappa shape index (κ3) is 4.75. The van der Waals surface area contributed by atoms with E-state index < -0.39 is 14.9 Å². The Balaban J connectivity index is 1.83. The number of ether oxygens (including phenoxy) is 1. The molecule has 3 rings (SSSR count). The number of hydrogen-bond acceptors (Lipinski definition) is 6. The first-order valence-electron chi connectivity index (χ1n) is 8.80. The third-order valence-corrected chi connectivity index (χ3v) is 6.22. The molecule has 2 aromatic rings. The Hall–Kier alpha value is -2.75. The first kappa shape index (κ1) is 20.0. The van der Waals surface area contributed by atoms with Crippen LogP contribution in [0.4, 0.5) is 11.4 Å². The minimum atomic E-state index is -3.88. The lowest BCUT2D eigenvalue weighted by Crippen LogP contribution is -2.40. The molecule has 0 bridgehead atoms. The predicted molar refractivity (Wildman–Crippen MR) is 107 cm³/mol. The first-order valence-corrected chi connectivity index (χ1v) is 10.2. The van der Waals surface area contributed by atoms with E-state index in [4.69, 9.17) is 4.74 Å². The molecule has 1 saturated heterocycles. The smallest absolute Gasteiger partial charge is 0.270 e. The molecule has 0 spiro atoms. The Morgan fingerprint density at radius 3 is 2.54 bits per heavy atom. The summed E-state index contributed by atoms with van der Waals surface area (Å²) in [6, 6.07) is 13.5. The fourth-order valence-corrected chi connectivity index (χ4v) is 4.43. The van der Waals surface area contributed by atoms with Crippen LogP contribution in [0.3, 0.4) is 0 Å². The fourth-order valence-electron chi connectivity index (χ4n) is 2.84. The van der Waals surface area contributed by atoms with E-state index in [0.29, 0.717) is 25.4 Å². The van der Waals surface area contributed by atoms with Gasteiger partial charge in [0.2, 0.25) is 10.0 Å². The Bertz CT molecular complexity index is 955. The highest BCUT2D eigenvalue weighted by Gasteiger charge is 2.30. The van der Waals surface area contributed by atoms with E-state index in [1.165, 1.54) is 16.4 Å². The van der Waals surface area contributed by atoms with Crippen molar-refractivity contribution < 1.29 is 18.1 Å². The van der Waals surface area contributed by atoms with E-state index in [1.54, 1.807) is 0 Å². The van der Waals surface area contributed by atoms with Gasteiger partial charge in [0.1, 0.15) is 4.90 Å². The molecule has 1 heterocycles. The molecular formula is C19H21N3O5S. The second-order valence-corrected chi connectivity index (χ2v) is 8.05. The Kier molecular flexibility index (Phi) is 6.40. The summed E-state index contributed by atoms with van der Waals surface area (Å²) in [5.74, 6) is 0. The van der Waals surface area contributed by atoms with E-state index >= 15 is 0 Å². The number of nitrogens with zero attached hydrogens (tertiary/aromatic N) is 2. The van der Waals surface area contributed by atoms with Crippen LogP contribution in [0.1, 0.15) is 5.56 Å². The molecule has 1 aliphatic rings. The lowest BCUT2D eigenvalue weighted by Gasteiger charge is -2.26. The van der Waals surface area contributed by atoms with Crippen LogP contribution in [0.5, 0.6) is 0 Å². The molecule has 1 fully saturated rings. The van der Waals surface area contributed by atoms with Crippen molar-refractivity contribution in [1.29, 1.82) is 0 Å². The number of nitrogens with one attached hydrogen (secondary N) is 1. The Morgan fingerprint density at radius 2 is 1.86 bits per heavy atom. The zero-order valence-corrected chi connectivity index (χ0v) is 16.0. The first-order chi connectivity index (χ1) is 13.5. The van der Waals surface area contributed by atoms with Crippen molar-refractivity contribution in [2.24, 2.45) is 0 Å². The number of morpholine rings is 1. The van der Waals surface area contributed by atoms with Crippen LogP contribution in [-0.4, -0.2) is 50.5 Å². The van der Waals surface area contributed by atoms with Crippen molar-refractivity contribution in [2.75, 3.05) is 38.2 Å². The molecule has 0 saturated carbocycles. The van der Waals surface area contributed by atoms with Gasteiger partial charge in [-0.3, -0.25) is 10.1 Å². The number of sulfonamides is 1. The summed E-state index contributed by atoms with van der Waals surface area (Å²) in [7, 11) is -3.88. The van der Waals surface area contributed by atoms with Gasteiger partial charge in [0.25, 0.3) is 5.69 Å². The van der Waals surface area contributed by atoms with Crippen molar-refractivity contribution in [3.05, 3.63) is 70.3 Å². The molecule has 0 aliphatic carbocycles. The van der Waals surface area contributed by atoms with Crippen LogP contribution >= 0.6 is 0 Å². The van der Waals surface area contributed by atoms with E-state index in [0.717, 1.165) is 11.6 Å². The fraction of sp³-hybridized carbons (Fsp3) is 0.263. The number of rotatable bonds is 7. The average molecular weight is 403 g/mol. The van der Waals surface area contributed by atoms with E-state index in [9.17, 15) is 18.5 Å². The summed E-state index contributed by atoms with van der Waals surface area (Å²) in [5.41, 5.74) is 1.08.